The first kappa shape index (κ1) is 16.2. The molecule has 0 aliphatic rings. The van der Waals surface area contributed by atoms with Crippen molar-refractivity contribution in [2.24, 2.45) is 0 Å². The maximum atomic E-state index is 6.14. The third kappa shape index (κ3) is 4.41. The summed E-state index contributed by atoms with van der Waals surface area (Å²) in [5.41, 5.74) is 2.43. The molecule has 1 N–H and O–H groups in total. The maximum absolute atomic E-state index is 6.14. The number of nitrogens with zero attached hydrogens (tertiary/aromatic N) is 1. The minimum absolute atomic E-state index is 0.238. The van der Waals surface area contributed by atoms with E-state index in [-0.39, 0.29) is 6.04 Å². The molecule has 20 heavy (non-hydrogen) atoms. The van der Waals surface area contributed by atoms with Crippen LogP contribution in [0.25, 0.3) is 0 Å². The summed E-state index contributed by atoms with van der Waals surface area (Å²) in [7, 11) is 0. The van der Waals surface area contributed by atoms with Gasteiger partial charge in [0.25, 0.3) is 0 Å². The van der Waals surface area contributed by atoms with Gasteiger partial charge in [0.05, 0.1) is 0 Å². The number of rotatable bonds is 5. The van der Waals surface area contributed by atoms with E-state index in [1.54, 1.807) is 6.20 Å². The van der Waals surface area contributed by atoms with Crippen molar-refractivity contribution in [1.82, 2.24) is 10.3 Å². The highest BCUT2D eigenvalue weighted by Gasteiger charge is 2.15. The van der Waals surface area contributed by atoms with Crippen molar-refractivity contribution in [2.45, 2.75) is 19.4 Å². The molecule has 0 fully saturated rings. The Morgan fingerprint density at radius 3 is 2.85 bits per heavy atom. The van der Waals surface area contributed by atoms with Crippen molar-refractivity contribution in [3.8, 4) is 0 Å². The first-order valence-electron chi connectivity index (χ1n) is 6.38. The lowest BCUT2D eigenvalue weighted by Crippen LogP contribution is -2.23. The summed E-state index contributed by atoms with van der Waals surface area (Å²) in [6, 6.07) is 8.37. The first-order chi connectivity index (χ1) is 9.60. The summed E-state index contributed by atoms with van der Waals surface area (Å²) < 4.78 is 2.23. The van der Waals surface area contributed by atoms with Gasteiger partial charge in [-0.2, -0.15) is 0 Å². The van der Waals surface area contributed by atoms with Crippen molar-refractivity contribution >= 4 is 50.1 Å². The predicted octanol–water partition coefficient (Wildman–Crippen LogP) is 5.00. The minimum Gasteiger partial charge on any atom is -0.310 e. The number of hydrogen-bond acceptors (Lipinski definition) is 2. The fraction of sp³-hybridized carbons (Fsp3) is 0.267. The lowest BCUT2D eigenvalue weighted by molar-refractivity contribution is 0.547. The molecule has 1 unspecified atom stereocenters. The Labute approximate surface area is 146 Å². The zero-order valence-corrected chi connectivity index (χ0v) is 15.5. The maximum Gasteiger partial charge on any atom is 0.0410 e. The second kappa shape index (κ2) is 7.73. The van der Waals surface area contributed by atoms with E-state index in [0.29, 0.717) is 0 Å². The van der Waals surface area contributed by atoms with E-state index in [9.17, 15) is 0 Å². The van der Waals surface area contributed by atoms with Crippen LogP contribution >= 0.6 is 50.1 Å². The molecule has 0 radical (unpaired) electrons. The zero-order chi connectivity index (χ0) is 14.5. The molecule has 0 saturated heterocycles. The molecule has 0 aliphatic heterocycles. The SMILES string of the molecule is CCNC(Cc1cncc(Br)c1)c1cc(Cl)ccc1I. The van der Waals surface area contributed by atoms with E-state index in [4.69, 9.17) is 11.6 Å². The molecular weight excluding hydrogens is 450 g/mol. The molecule has 2 aromatic rings. The fourth-order valence-corrected chi connectivity index (χ4v) is 3.43. The van der Waals surface area contributed by atoms with Gasteiger partial charge in [0, 0.05) is 31.5 Å². The van der Waals surface area contributed by atoms with Gasteiger partial charge in [-0.15, -0.1) is 0 Å². The molecule has 1 atom stereocenters. The van der Waals surface area contributed by atoms with Crippen LogP contribution in [-0.4, -0.2) is 11.5 Å². The summed E-state index contributed by atoms with van der Waals surface area (Å²) in [6.45, 7) is 3.03. The van der Waals surface area contributed by atoms with Gasteiger partial charge in [-0.3, -0.25) is 4.98 Å². The average Bonchev–Trinajstić information content (AvgIpc) is 2.41. The van der Waals surface area contributed by atoms with Gasteiger partial charge in [-0.1, -0.05) is 18.5 Å². The number of likely N-dealkylation sites (N-methyl/N-ethyl adjacent to an activating group) is 1. The van der Waals surface area contributed by atoms with Crippen molar-refractivity contribution < 1.29 is 0 Å². The molecule has 1 aromatic carbocycles. The summed E-state index contributed by atoms with van der Waals surface area (Å²) in [6.07, 6.45) is 4.60. The van der Waals surface area contributed by atoms with Crippen LogP contribution in [-0.2, 0) is 6.42 Å². The molecule has 5 heteroatoms. The molecular formula is C15H15BrClIN2. The number of nitrogens with one attached hydrogen (secondary N) is 1. The van der Waals surface area contributed by atoms with Crippen LogP contribution in [0.5, 0.6) is 0 Å². The molecule has 0 aliphatic carbocycles. The molecule has 0 saturated carbocycles. The van der Waals surface area contributed by atoms with E-state index in [1.165, 1.54) is 14.7 Å². The molecule has 106 valence electrons. The summed E-state index contributed by atoms with van der Waals surface area (Å²) in [5.74, 6) is 0. The van der Waals surface area contributed by atoms with Gasteiger partial charge >= 0.3 is 0 Å². The van der Waals surface area contributed by atoms with E-state index >= 15 is 0 Å². The van der Waals surface area contributed by atoms with Crippen LogP contribution in [0.15, 0.2) is 41.1 Å². The fourth-order valence-electron chi connectivity index (χ4n) is 2.12. The quantitative estimate of drug-likeness (QED) is 0.629. The van der Waals surface area contributed by atoms with Gasteiger partial charge in [-0.05, 0) is 86.9 Å². The molecule has 1 aromatic heterocycles. The number of aromatic nitrogens is 1. The zero-order valence-electron chi connectivity index (χ0n) is 11.0. The Kier molecular flexibility index (Phi) is 6.26. The number of pyridine rings is 1. The van der Waals surface area contributed by atoms with Gasteiger partial charge in [-0.25, -0.2) is 0 Å². The largest absolute Gasteiger partial charge is 0.310 e. The van der Waals surface area contributed by atoms with E-state index < -0.39 is 0 Å². The minimum atomic E-state index is 0.238. The third-order valence-corrected chi connectivity index (χ3v) is 4.64. The summed E-state index contributed by atoms with van der Waals surface area (Å²) in [4.78, 5) is 4.23. The van der Waals surface area contributed by atoms with Gasteiger partial charge in [0.1, 0.15) is 0 Å². The van der Waals surface area contributed by atoms with E-state index in [1.807, 2.05) is 18.3 Å². The Morgan fingerprint density at radius 1 is 1.35 bits per heavy atom. The number of hydrogen-bond donors (Lipinski definition) is 1. The molecule has 2 rings (SSSR count). The average molecular weight is 466 g/mol. The van der Waals surface area contributed by atoms with Crippen LogP contribution < -0.4 is 5.32 Å². The van der Waals surface area contributed by atoms with Gasteiger partial charge in [0.2, 0.25) is 0 Å². The van der Waals surface area contributed by atoms with Crippen molar-refractivity contribution in [3.05, 3.63) is 60.9 Å². The number of halogens is 3. The third-order valence-electron chi connectivity index (χ3n) is 2.99. The highest BCUT2D eigenvalue weighted by molar-refractivity contribution is 14.1. The van der Waals surface area contributed by atoms with Crippen LogP contribution in [0.1, 0.15) is 24.1 Å². The second-order valence-electron chi connectivity index (χ2n) is 4.49. The van der Waals surface area contributed by atoms with Crippen LogP contribution in [0.2, 0.25) is 5.02 Å². The molecule has 0 spiro atoms. The number of benzene rings is 1. The topological polar surface area (TPSA) is 24.9 Å². The van der Waals surface area contributed by atoms with Crippen LogP contribution in [0.3, 0.4) is 0 Å². The van der Waals surface area contributed by atoms with E-state index in [0.717, 1.165) is 22.5 Å². The highest BCUT2D eigenvalue weighted by Crippen LogP contribution is 2.27. The van der Waals surface area contributed by atoms with Crippen molar-refractivity contribution in [3.63, 3.8) is 0 Å². The van der Waals surface area contributed by atoms with Gasteiger partial charge < -0.3 is 5.32 Å². The lowest BCUT2D eigenvalue weighted by atomic mass is 10.00. The Bertz CT molecular complexity index is 592. The first-order valence-corrected chi connectivity index (χ1v) is 8.63. The summed E-state index contributed by atoms with van der Waals surface area (Å²) in [5, 5.41) is 4.30. The highest BCUT2D eigenvalue weighted by atomic mass is 127. The van der Waals surface area contributed by atoms with E-state index in [2.05, 4.69) is 67.9 Å². The van der Waals surface area contributed by atoms with Crippen molar-refractivity contribution in [1.29, 1.82) is 0 Å². The Hall–Kier alpha value is -0.170. The van der Waals surface area contributed by atoms with Crippen LogP contribution in [0, 0.1) is 3.57 Å². The second-order valence-corrected chi connectivity index (χ2v) is 7.01. The Balaban J connectivity index is 2.29. The molecule has 2 nitrogen and oxygen atoms in total. The van der Waals surface area contributed by atoms with Crippen LogP contribution in [0.4, 0.5) is 0 Å². The normalized spacial score (nSPS) is 12.4. The molecule has 0 bridgehead atoms. The predicted molar refractivity (Wildman–Crippen MR) is 96.2 cm³/mol. The standard InChI is InChI=1S/C15H15BrClIN2/c1-2-20-15(6-10-5-11(16)9-19-8-10)13-7-12(17)3-4-14(13)18/h3-5,7-9,15,20H,2,6H2,1H3. The Morgan fingerprint density at radius 2 is 2.15 bits per heavy atom. The molecule has 0 amide bonds. The van der Waals surface area contributed by atoms with Gasteiger partial charge in [0.15, 0.2) is 0 Å². The monoisotopic (exact) mass is 464 g/mol. The van der Waals surface area contributed by atoms with Crippen molar-refractivity contribution in [2.75, 3.05) is 6.54 Å². The molecule has 1 heterocycles. The smallest absolute Gasteiger partial charge is 0.0410 e. The lowest BCUT2D eigenvalue weighted by Gasteiger charge is -2.20. The summed E-state index contributed by atoms with van der Waals surface area (Å²) >= 11 is 12.0.